The Kier molecular flexibility index (Phi) is 2.83. The molecule has 1 aliphatic carbocycles. The molecule has 78 valence electrons. The summed E-state index contributed by atoms with van der Waals surface area (Å²) in [5.74, 6) is 0.0145. The van der Waals surface area contributed by atoms with E-state index < -0.39 is 0 Å². The number of nitriles is 1. The fraction of sp³-hybridized carbons (Fsp3) is 0.444. The van der Waals surface area contributed by atoms with Crippen molar-refractivity contribution in [2.75, 3.05) is 5.32 Å². The van der Waals surface area contributed by atoms with Crippen LogP contribution in [-0.2, 0) is 4.79 Å². The van der Waals surface area contributed by atoms with E-state index in [0.29, 0.717) is 5.13 Å². The van der Waals surface area contributed by atoms with Gasteiger partial charge in [-0.1, -0.05) is 0 Å². The predicted molar refractivity (Wildman–Crippen MR) is 56.0 cm³/mol. The summed E-state index contributed by atoms with van der Waals surface area (Å²) in [4.78, 5) is 15.6. The van der Waals surface area contributed by atoms with Crippen LogP contribution in [0.15, 0.2) is 11.6 Å². The minimum absolute atomic E-state index is 0.000870. The van der Waals surface area contributed by atoms with Crippen LogP contribution in [0, 0.1) is 17.4 Å². The van der Waals surface area contributed by atoms with Crippen molar-refractivity contribution in [2.45, 2.75) is 18.9 Å². The van der Waals surface area contributed by atoms with Crippen LogP contribution in [0.1, 0.15) is 12.8 Å². The molecule has 15 heavy (non-hydrogen) atoms. The molecule has 2 N–H and O–H groups in total. The van der Waals surface area contributed by atoms with Gasteiger partial charge in [0.2, 0.25) is 5.91 Å². The second-order valence-corrected chi connectivity index (χ2v) is 4.34. The Morgan fingerprint density at radius 1 is 1.67 bits per heavy atom. The van der Waals surface area contributed by atoms with Gasteiger partial charge in [-0.25, -0.2) is 4.98 Å². The van der Waals surface area contributed by atoms with Crippen LogP contribution >= 0.6 is 11.3 Å². The molecule has 2 rings (SSSR count). The summed E-state index contributed by atoms with van der Waals surface area (Å²) < 4.78 is 0. The van der Waals surface area contributed by atoms with Crippen molar-refractivity contribution in [1.29, 1.82) is 5.26 Å². The number of hydrogen-bond donors (Lipinski definition) is 2. The number of rotatable bonds is 3. The fourth-order valence-corrected chi connectivity index (χ4v) is 2.07. The van der Waals surface area contributed by atoms with Gasteiger partial charge < -0.3 is 10.6 Å². The topological polar surface area (TPSA) is 77.8 Å². The van der Waals surface area contributed by atoms with Gasteiger partial charge in [0.25, 0.3) is 0 Å². The summed E-state index contributed by atoms with van der Waals surface area (Å²) in [5, 5.41) is 16.2. The Bertz CT molecular complexity index is 377. The van der Waals surface area contributed by atoms with Crippen LogP contribution in [0.5, 0.6) is 0 Å². The van der Waals surface area contributed by atoms with Gasteiger partial charge in [0.1, 0.15) is 0 Å². The molecule has 0 saturated heterocycles. The molecule has 1 amide bonds. The van der Waals surface area contributed by atoms with Crippen molar-refractivity contribution >= 4 is 22.4 Å². The van der Waals surface area contributed by atoms with E-state index in [1.54, 1.807) is 6.20 Å². The minimum Gasteiger partial charge on any atom is -0.321 e. The Balaban J connectivity index is 1.78. The predicted octanol–water partition coefficient (Wildman–Crippen LogP) is 0.931. The minimum atomic E-state index is 0.000870. The zero-order chi connectivity index (χ0) is 10.7. The van der Waals surface area contributed by atoms with Gasteiger partial charge in [0, 0.05) is 23.5 Å². The largest absolute Gasteiger partial charge is 0.321 e. The first-order chi connectivity index (χ1) is 7.29. The van der Waals surface area contributed by atoms with E-state index in [2.05, 4.69) is 15.6 Å². The molecular weight excluding hydrogens is 212 g/mol. The molecule has 0 aromatic carbocycles. The zero-order valence-corrected chi connectivity index (χ0v) is 8.75. The number of anilines is 1. The molecule has 0 spiro atoms. The molecule has 5 nitrogen and oxygen atoms in total. The third-order valence-electron chi connectivity index (χ3n) is 2.44. The average molecular weight is 222 g/mol. The van der Waals surface area contributed by atoms with Gasteiger partial charge in [0.15, 0.2) is 11.3 Å². The van der Waals surface area contributed by atoms with Crippen LogP contribution in [0.2, 0.25) is 0 Å². The maximum atomic E-state index is 11.6. The summed E-state index contributed by atoms with van der Waals surface area (Å²) in [6, 6.07) is 0.169. The molecule has 1 fully saturated rings. The Hall–Kier alpha value is -1.61. The van der Waals surface area contributed by atoms with Crippen molar-refractivity contribution in [1.82, 2.24) is 10.3 Å². The zero-order valence-electron chi connectivity index (χ0n) is 7.93. The highest BCUT2D eigenvalue weighted by atomic mass is 32.1. The number of nitrogens with one attached hydrogen (secondary N) is 2. The van der Waals surface area contributed by atoms with Crippen LogP contribution < -0.4 is 10.6 Å². The number of carbonyl (C=O) groups is 1. The molecule has 0 atom stereocenters. The molecule has 1 heterocycles. The molecule has 1 aliphatic rings. The molecule has 0 bridgehead atoms. The maximum Gasteiger partial charge on any atom is 0.229 e. The van der Waals surface area contributed by atoms with E-state index in [-0.39, 0.29) is 17.9 Å². The summed E-state index contributed by atoms with van der Waals surface area (Å²) in [5.41, 5.74) is 0. The first kappa shape index (κ1) is 9.93. The molecule has 1 aromatic heterocycles. The lowest BCUT2D eigenvalue weighted by Crippen LogP contribution is -2.44. The van der Waals surface area contributed by atoms with Gasteiger partial charge >= 0.3 is 0 Å². The molecule has 1 saturated carbocycles. The third kappa shape index (κ3) is 2.25. The second-order valence-electron chi connectivity index (χ2n) is 3.45. The Labute approximate surface area is 91.1 Å². The second kappa shape index (κ2) is 4.28. The first-order valence-electron chi connectivity index (χ1n) is 4.64. The van der Waals surface area contributed by atoms with Gasteiger partial charge in [-0.05, 0) is 12.8 Å². The molecule has 6 heteroatoms. The lowest BCUT2D eigenvalue weighted by atomic mass is 9.80. The van der Waals surface area contributed by atoms with Gasteiger partial charge in [-0.15, -0.1) is 11.3 Å². The molecule has 0 radical (unpaired) electrons. The summed E-state index contributed by atoms with van der Waals surface area (Å²) >= 11 is 1.40. The van der Waals surface area contributed by atoms with E-state index in [1.165, 1.54) is 11.3 Å². The standard InChI is InChI=1S/C9H10N4OS/c10-5-12-7-3-6(4-7)8(14)13-9-11-1-2-15-9/h1-2,6-7,12H,3-4H2,(H,11,13,14). The number of nitrogens with zero attached hydrogens (tertiary/aromatic N) is 2. The number of thiazole rings is 1. The molecular formula is C9H10N4OS. The first-order valence-corrected chi connectivity index (χ1v) is 5.52. The quantitative estimate of drug-likeness (QED) is 0.589. The molecule has 0 unspecified atom stereocenters. The maximum absolute atomic E-state index is 11.6. The summed E-state index contributed by atoms with van der Waals surface area (Å²) in [6.45, 7) is 0. The highest BCUT2D eigenvalue weighted by molar-refractivity contribution is 7.13. The monoisotopic (exact) mass is 222 g/mol. The Morgan fingerprint density at radius 2 is 2.47 bits per heavy atom. The van der Waals surface area contributed by atoms with E-state index in [9.17, 15) is 4.79 Å². The van der Waals surface area contributed by atoms with Gasteiger partial charge in [-0.3, -0.25) is 4.79 Å². The number of carbonyl (C=O) groups excluding carboxylic acids is 1. The number of amides is 1. The van der Waals surface area contributed by atoms with E-state index in [1.807, 2.05) is 11.6 Å². The van der Waals surface area contributed by atoms with Crippen LogP contribution in [-0.4, -0.2) is 16.9 Å². The third-order valence-corrected chi connectivity index (χ3v) is 3.13. The van der Waals surface area contributed by atoms with Crippen molar-refractivity contribution in [3.63, 3.8) is 0 Å². The van der Waals surface area contributed by atoms with E-state index in [4.69, 9.17) is 5.26 Å². The van der Waals surface area contributed by atoms with Crippen molar-refractivity contribution in [3.8, 4) is 6.19 Å². The van der Waals surface area contributed by atoms with Gasteiger partial charge in [-0.2, -0.15) is 5.26 Å². The van der Waals surface area contributed by atoms with E-state index in [0.717, 1.165) is 12.8 Å². The van der Waals surface area contributed by atoms with Crippen molar-refractivity contribution in [3.05, 3.63) is 11.6 Å². The number of hydrogen-bond acceptors (Lipinski definition) is 5. The Morgan fingerprint density at radius 3 is 3.07 bits per heavy atom. The van der Waals surface area contributed by atoms with E-state index >= 15 is 0 Å². The smallest absolute Gasteiger partial charge is 0.229 e. The average Bonchev–Trinajstić information content (AvgIpc) is 2.62. The fourth-order valence-electron chi connectivity index (χ4n) is 1.53. The SMILES string of the molecule is N#CNC1CC(C(=O)Nc2nccs2)C1. The lowest BCUT2D eigenvalue weighted by molar-refractivity contribution is -0.122. The van der Waals surface area contributed by atoms with Crippen molar-refractivity contribution in [2.24, 2.45) is 5.92 Å². The van der Waals surface area contributed by atoms with Gasteiger partial charge in [0.05, 0.1) is 0 Å². The van der Waals surface area contributed by atoms with Crippen molar-refractivity contribution < 1.29 is 4.79 Å². The summed E-state index contributed by atoms with van der Waals surface area (Å²) in [6.07, 6.45) is 4.99. The normalized spacial score (nSPS) is 23.7. The summed E-state index contributed by atoms with van der Waals surface area (Å²) in [7, 11) is 0. The van der Waals surface area contributed by atoms with Crippen LogP contribution in [0.25, 0.3) is 0 Å². The molecule has 1 aromatic rings. The highest BCUT2D eigenvalue weighted by Gasteiger charge is 2.34. The molecule has 0 aliphatic heterocycles. The van der Waals surface area contributed by atoms with Crippen LogP contribution in [0.4, 0.5) is 5.13 Å². The highest BCUT2D eigenvalue weighted by Crippen LogP contribution is 2.28. The van der Waals surface area contributed by atoms with Crippen LogP contribution in [0.3, 0.4) is 0 Å². The lowest BCUT2D eigenvalue weighted by Gasteiger charge is -2.32. The number of aromatic nitrogens is 1.